The summed E-state index contributed by atoms with van der Waals surface area (Å²) in [5.41, 5.74) is 2.94. The molecule has 0 saturated carbocycles. The van der Waals surface area contributed by atoms with Crippen molar-refractivity contribution in [3.63, 3.8) is 0 Å². The Morgan fingerprint density at radius 3 is 2.79 bits per heavy atom. The van der Waals surface area contributed by atoms with Crippen LogP contribution in [0.5, 0.6) is 17.4 Å². The zero-order valence-corrected chi connectivity index (χ0v) is 14.0. The molecule has 1 N–H and O–H groups in total. The van der Waals surface area contributed by atoms with Gasteiger partial charge in [-0.3, -0.25) is 0 Å². The number of aromatic nitrogens is 2. The Bertz CT molecular complexity index is 951. The van der Waals surface area contributed by atoms with Crippen LogP contribution in [0.1, 0.15) is 18.1 Å². The number of hydrogen-bond donors (Lipinski definition) is 1. The number of para-hydroxylation sites is 1. The van der Waals surface area contributed by atoms with Gasteiger partial charge in [-0.15, -0.1) is 0 Å². The van der Waals surface area contributed by atoms with Gasteiger partial charge < -0.3 is 14.5 Å². The average Bonchev–Trinajstić information content (AvgIpc) is 2.62. The molecule has 2 aromatic carbocycles. The first-order chi connectivity index (χ1) is 11.8. The van der Waals surface area contributed by atoms with Crippen LogP contribution in [0.4, 0.5) is 0 Å². The monoisotopic (exact) mass is 336 g/mol. The van der Waals surface area contributed by atoms with Crippen LogP contribution in [-0.2, 0) is 6.42 Å². The maximum Gasteiger partial charge on any atom is 0.205 e. The van der Waals surface area contributed by atoms with Gasteiger partial charge in [-0.2, -0.15) is 0 Å². The lowest BCUT2D eigenvalue weighted by molar-refractivity contribution is 0.315. The number of rotatable bonds is 3. The van der Waals surface area contributed by atoms with Gasteiger partial charge in [0.15, 0.2) is 11.5 Å². The van der Waals surface area contributed by atoms with Gasteiger partial charge >= 0.3 is 0 Å². The van der Waals surface area contributed by atoms with E-state index in [1.165, 1.54) is 0 Å². The molecule has 0 fully saturated rings. The molecule has 5 heteroatoms. The number of nitrogens with zero attached hydrogens (tertiary/aromatic N) is 1. The number of benzene rings is 2. The van der Waals surface area contributed by atoms with Crippen LogP contribution in [0.15, 0.2) is 48.5 Å². The number of aromatic amines is 1. The van der Waals surface area contributed by atoms with Crippen molar-refractivity contribution in [3.8, 4) is 28.8 Å². The fraction of sp³-hybridized carbons (Fsp3) is 0.158. The summed E-state index contributed by atoms with van der Waals surface area (Å²) >= 11 is 5.50. The molecule has 0 bridgehead atoms. The summed E-state index contributed by atoms with van der Waals surface area (Å²) in [5, 5.41) is 0. The zero-order chi connectivity index (χ0) is 16.5. The normalized spacial score (nSPS) is 12.0. The van der Waals surface area contributed by atoms with Crippen LogP contribution in [0.2, 0.25) is 0 Å². The predicted octanol–water partition coefficient (Wildman–Crippen LogP) is 4.90. The number of nitrogens with one attached hydrogen (secondary N) is 1. The molecule has 4 rings (SSSR count). The predicted molar refractivity (Wildman–Crippen MR) is 95.3 cm³/mol. The van der Waals surface area contributed by atoms with E-state index in [1.807, 2.05) is 55.5 Å². The topological polar surface area (TPSA) is 47.1 Å². The van der Waals surface area contributed by atoms with Gasteiger partial charge in [-0.05, 0) is 13.0 Å². The molecule has 0 atom stereocenters. The maximum absolute atomic E-state index is 6.12. The summed E-state index contributed by atoms with van der Waals surface area (Å²) in [7, 11) is 0. The highest BCUT2D eigenvalue weighted by Crippen LogP contribution is 2.42. The summed E-state index contributed by atoms with van der Waals surface area (Å²) in [6.45, 7) is 2.55. The van der Waals surface area contributed by atoms with Crippen LogP contribution < -0.4 is 9.47 Å². The minimum atomic E-state index is 0.565. The lowest BCUT2D eigenvalue weighted by Gasteiger charge is -2.22. The number of hydrogen-bond acceptors (Lipinski definition) is 4. The van der Waals surface area contributed by atoms with Crippen LogP contribution >= 0.6 is 12.2 Å². The van der Waals surface area contributed by atoms with Crippen molar-refractivity contribution >= 4 is 12.2 Å². The van der Waals surface area contributed by atoms with Crippen molar-refractivity contribution < 1.29 is 9.47 Å². The molecular weight excluding hydrogens is 320 g/mol. The molecule has 1 aromatic heterocycles. The second kappa shape index (κ2) is 6.09. The van der Waals surface area contributed by atoms with Gasteiger partial charge in [-0.25, -0.2) is 4.98 Å². The minimum absolute atomic E-state index is 0.565. The largest absolute Gasteiger partial charge is 0.490 e. The number of H-pyrrole nitrogens is 1. The van der Waals surface area contributed by atoms with E-state index >= 15 is 0 Å². The Kier molecular flexibility index (Phi) is 3.78. The molecular formula is C19H16N2O2S. The smallest absolute Gasteiger partial charge is 0.205 e. The number of ether oxygens (including phenoxy) is 2. The van der Waals surface area contributed by atoms with E-state index in [9.17, 15) is 0 Å². The van der Waals surface area contributed by atoms with E-state index in [0.717, 1.165) is 28.2 Å². The molecule has 0 amide bonds. The summed E-state index contributed by atoms with van der Waals surface area (Å²) < 4.78 is 12.4. The van der Waals surface area contributed by atoms with E-state index in [-0.39, 0.29) is 0 Å². The lowest BCUT2D eigenvalue weighted by atomic mass is 10.0. The van der Waals surface area contributed by atoms with Gasteiger partial charge in [0.05, 0.1) is 12.2 Å². The second-order valence-electron chi connectivity index (χ2n) is 5.52. The van der Waals surface area contributed by atoms with Crippen LogP contribution in [0, 0.1) is 4.64 Å². The summed E-state index contributed by atoms with van der Waals surface area (Å²) in [6, 6.07) is 15.8. The molecule has 0 radical (unpaired) electrons. The molecule has 120 valence electrons. The molecule has 0 aliphatic carbocycles. The standard InChI is InChI=1S/C19H16N2O2S/c1-2-22-15-10-6-9-13-11-14-18(23-16(13)15)20-17(21-19(14)24)12-7-4-3-5-8-12/h3-10H,2,11H2,1H3,(H,20,21,24). The average molecular weight is 336 g/mol. The van der Waals surface area contributed by atoms with E-state index in [1.54, 1.807) is 0 Å². The molecule has 1 aliphatic rings. The van der Waals surface area contributed by atoms with Crippen molar-refractivity contribution in [1.29, 1.82) is 0 Å². The quantitative estimate of drug-likeness (QED) is 0.541. The van der Waals surface area contributed by atoms with E-state index in [2.05, 4.69) is 9.97 Å². The van der Waals surface area contributed by atoms with E-state index < -0.39 is 0 Å². The van der Waals surface area contributed by atoms with Gasteiger partial charge in [0, 0.05) is 17.5 Å². The third kappa shape index (κ3) is 2.57. The third-order valence-electron chi connectivity index (χ3n) is 3.96. The Hall–Kier alpha value is -2.66. The van der Waals surface area contributed by atoms with Crippen molar-refractivity contribution in [2.45, 2.75) is 13.3 Å². The minimum Gasteiger partial charge on any atom is -0.490 e. The first-order valence-corrected chi connectivity index (χ1v) is 8.28. The Balaban J connectivity index is 1.81. The number of fused-ring (bicyclic) bond motifs is 2. The van der Waals surface area contributed by atoms with Gasteiger partial charge in [0.25, 0.3) is 0 Å². The van der Waals surface area contributed by atoms with Crippen LogP contribution in [0.25, 0.3) is 11.4 Å². The van der Waals surface area contributed by atoms with E-state index in [4.69, 9.17) is 21.7 Å². The van der Waals surface area contributed by atoms with Gasteiger partial charge in [-0.1, -0.05) is 54.7 Å². The highest BCUT2D eigenvalue weighted by molar-refractivity contribution is 7.71. The first kappa shape index (κ1) is 14.9. The van der Waals surface area contributed by atoms with Crippen molar-refractivity contribution in [2.75, 3.05) is 6.61 Å². The molecule has 0 spiro atoms. The second-order valence-corrected chi connectivity index (χ2v) is 5.91. The molecule has 0 saturated heterocycles. The highest BCUT2D eigenvalue weighted by Gasteiger charge is 2.23. The fourth-order valence-corrected chi connectivity index (χ4v) is 3.09. The van der Waals surface area contributed by atoms with E-state index in [0.29, 0.717) is 29.4 Å². The highest BCUT2D eigenvalue weighted by atomic mass is 32.1. The Morgan fingerprint density at radius 1 is 1.17 bits per heavy atom. The van der Waals surface area contributed by atoms with Crippen LogP contribution in [0.3, 0.4) is 0 Å². The van der Waals surface area contributed by atoms with Gasteiger partial charge in [0.2, 0.25) is 5.88 Å². The Morgan fingerprint density at radius 2 is 2.00 bits per heavy atom. The molecule has 3 aromatic rings. The molecule has 2 heterocycles. The lowest BCUT2D eigenvalue weighted by Crippen LogP contribution is -2.09. The van der Waals surface area contributed by atoms with Gasteiger partial charge in [0.1, 0.15) is 10.5 Å². The Labute approximate surface area is 145 Å². The molecule has 4 nitrogen and oxygen atoms in total. The van der Waals surface area contributed by atoms with Crippen molar-refractivity contribution in [1.82, 2.24) is 9.97 Å². The molecule has 0 unspecified atom stereocenters. The van der Waals surface area contributed by atoms with Crippen molar-refractivity contribution in [2.24, 2.45) is 0 Å². The van der Waals surface area contributed by atoms with Crippen molar-refractivity contribution in [3.05, 3.63) is 64.3 Å². The molecule has 24 heavy (non-hydrogen) atoms. The SMILES string of the molecule is CCOc1cccc2c1Oc1[nH]c(-c3ccccc3)nc(=S)c1C2. The third-order valence-corrected chi connectivity index (χ3v) is 4.29. The fourth-order valence-electron chi connectivity index (χ4n) is 2.83. The maximum atomic E-state index is 6.12. The summed E-state index contributed by atoms with van der Waals surface area (Å²) in [6.07, 6.45) is 0.684. The molecule has 1 aliphatic heterocycles. The first-order valence-electron chi connectivity index (χ1n) is 7.87. The zero-order valence-electron chi connectivity index (χ0n) is 13.2. The summed E-state index contributed by atoms with van der Waals surface area (Å²) in [5.74, 6) is 2.85. The van der Waals surface area contributed by atoms with Crippen LogP contribution in [-0.4, -0.2) is 16.6 Å². The summed E-state index contributed by atoms with van der Waals surface area (Å²) in [4.78, 5) is 7.81.